The molecule has 0 aliphatic heterocycles. The van der Waals surface area contributed by atoms with Gasteiger partial charge in [0.25, 0.3) is 5.92 Å². The van der Waals surface area contributed by atoms with E-state index in [4.69, 9.17) is 5.73 Å². The van der Waals surface area contributed by atoms with Crippen molar-refractivity contribution in [3.05, 3.63) is 30.1 Å². The molecule has 1 aromatic heterocycles. The highest BCUT2D eigenvalue weighted by Crippen LogP contribution is 2.09. The summed E-state index contributed by atoms with van der Waals surface area (Å²) in [7, 11) is -3.75. The predicted molar refractivity (Wildman–Crippen MR) is 63.7 cm³/mol. The van der Waals surface area contributed by atoms with Crippen molar-refractivity contribution in [1.29, 1.82) is 0 Å². The Morgan fingerprint density at radius 2 is 2.11 bits per heavy atom. The second-order valence-electron chi connectivity index (χ2n) is 3.77. The van der Waals surface area contributed by atoms with E-state index in [1.165, 1.54) is 6.20 Å². The molecule has 3 N–H and O–H groups in total. The lowest BCUT2D eigenvalue weighted by molar-refractivity contribution is 0.0170. The van der Waals surface area contributed by atoms with Gasteiger partial charge in [0, 0.05) is 18.3 Å². The fourth-order valence-electron chi connectivity index (χ4n) is 1.14. The first kappa shape index (κ1) is 14.9. The molecule has 1 aromatic rings. The van der Waals surface area contributed by atoms with Crippen LogP contribution in [-0.4, -0.2) is 38.2 Å². The molecule has 0 unspecified atom stereocenters. The molecule has 0 saturated carbocycles. The van der Waals surface area contributed by atoms with E-state index in [1.807, 2.05) is 4.72 Å². The molecule has 0 spiro atoms. The van der Waals surface area contributed by atoms with Crippen LogP contribution >= 0.6 is 0 Å². The van der Waals surface area contributed by atoms with Crippen LogP contribution in [0.25, 0.3) is 0 Å². The molecule has 18 heavy (non-hydrogen) atoms. The highest BCUT2D eigenvalue weighted by Gasteiger charge is 2.28. The molecule has 0 radical (unpaired) electrons. The van der Waals surface area contributed by atoms with E-state index in [0.717, 1.165) is 0 Å². The standard InChI is InChI=1S/C10H15F2N3O2S/c11-10(12,7-13)8-15-18(16,17)6-4-9-3-1-2-5-14-9/h1-3,5,15H,4,6-8,13H2. The first-order valence-corrected chi connectivity index (χ1v) is 6.95. The molecule has 102 valence electrons. The van der Waals surface area contributed by atoms with Crippen molar-refractivity contribution in [3.8, 4) is 0 Å². The number of hydrogen-bond donors (Lipinski definition) is 2. The van der Waals surface area contributed by atoms with E-state index in [9.17, 15) is 17.2 Å². The molecular weight excluding hydrogens is 264 g/mol. The van der Waals surface area contributed by atoms with E-state index < -0.39 is 29.0 Å². The van der Waals surface area contributed by atoms with Gasteiger partial charge in [-0.15, -0.1) is 0 Å². The van der Waals surface area contributed by atoms with Gasteiger partial charge < -0.3 is 5.73 Å². The number of hydrogen-bond acceptors (Lipinski definition) is 4. The molecule has 0 aliphatic carbocycles. The number of nitrogens with one attached hydrogen (secondary N) is 1. The van der Waals surface area contributed by atoms with Crippen molar-refractivity contribution in [1.82, 2.24) is 9.71 Å². The van der Waals surface area contributed by atoms with Gasteiger partial charge in [0.15, 0.2) is 0 Å². The number of aryl methyl sites for hydroxylation is 1. The Kier molecular flexibility index (Phi) is 5.12. The van der Waals surface area contributed by atoms with Crippen molar-refractivity contribution in [3.63, 3.8) is 0 Å². The summed E-state index contributed by atoms with van der Waals surface area (Å²) in [6, 6.07) is 5.10. The fraction of sp³-hybridized carbons (Fsp3) is 0.500. The normalized spacial score (nSPS) is 12.6. The maximum Gasteiger partial charge on any atom is 0.273 e. The zero-order chi connectivity index (χ0) is 13.6. The van der Waals surface area contributed by atoms with Crippen LogP contribution in [0.4, 0.5) is 8.78 Å². The molecular formula is C10H15F2N3O2S. The lowest BCUT2D eigenvalue weighted by Gasteiger charge is -2.14. The summed E-state index contributed by atoms with van der Waals surface area (Å²) in [5, 5.41) is 0. The summed E-state index contributed by atoms with van der Waals surface area (Å²) in [5.74, 6) is -3.51. The monoisotopic (exact) mass is 279 g/mol. The Bertz CT molecular complexity index is 465. The third-order valence-corrected chi connectivity index (χ3v) is 3.53. The van der Waals surface area contributed by atoms with E-state index in [0.29, 0.717) is 5.69 Å². The number of sulfonamides is 1. The number of alkyl halides is 2. The Balaban J connectivity index is 2.46. The van der Waals surface area contributed by atoms with Gasteiger partial charge in [-0.25, -0.2) is 21.9 Å². The molecule has 0 saturated heterocycles. The third kappa shape index (κ3) is 5.48. The topological polar surface area (TPSA) is 85.1 Å². The Labute approximate surface area is 104 Å². The number of aromatic nitrogens is 1. The van der Waals surface area contributed by atoms with Crippen LogP contribution in [0.2, 0.25) is 0 Å². The van der Waals surface area contributed by atoms with Gasteiger partial charge in [-0.1, -0.05) is 6.07 Å². The molecule has 0 aromatic carbocycles. The van der Waals surface area contributed by atoms with Gasteiger partial charge in [0.05, 0.1) is 18.8 Å². The first-order valence-electron chi connectivity index (χ1n) is 5.30. The van der Waals surface area contributed by atoms with Gasteiger partial charge in [0.1, 0.15) is 0 Å². The summed E-state index contributed by atoms with van der Waals surface area (Å²) in [5.41, 5.74) is 5.40. The molecule has 1 rings (SSSR count). The number of pyridine rings is 1. The van der Waals surface area contributed by atoms with E-state index in [-0.39, 0.29) is 12.2 Å². The molecule has 0 fully saturated rings. The van der Waals surface area contributed by atoms with Crippen LogP contribution in [-0.2, 0) is 16.4 Å². The van der Waals surface area contributed by atoms with Gasteiger partial charge in [-0.3, -0.25) is 4.98 Å². The van der Waals surface area contributed by atoms with Crippen LogP contribution < -0.4 is 10.5 Å². The third-order valence-electron chi connectivity index (χ3n) is 2.20. The minimum atomic E-state index is -3.75. The number of nitrogens with two attached hydrogens (primary N) is 1. The lowest BCUT2D eigenvalue weighted by atomic mass is 10.3. The quantitative estimate of drug-likeness (QED) is 0.743. The predicted octanol–water partition coefficient (Wildman–Crippen LogP) is 0.137. The average Bonchev–Trinajstić information content (AvgIpc) is 2.36. The van der Waals surface area contributed by atoms with Crippen molar-refractivity contribution in [2.45, 2.75) is 12.3 Å². The minimum absolute atomic E-state index is 0.171. The number of nitrogens with zero attached hydrogens (tertiary/aromatic N) is 1. The van der Waals surface area contributed by atoms with Crippen LogP contribution in [0.3, 0.4) is 0 Å². The highest BCUT2D eigenvalue weighted by molar-refractivity contribution is 7.89. The SMILES string of the molecule is NCC(F)(F)CNS(=O)(=O)CCc1ccccn1. The van der Waals surface area contributed by atoms with E-state index in [2.05, 4.69) is 4.98 Å². The Morgan fingerprint density at radius 3 is 2.67 bits per heavy atom. The van der Waals surface area contributed by atoms with Crippen LogP contribution in [0, 0.1) is 0 Å². The van der Waals surface area contributed by atoms with Crippen molar-refractivity contribution >= 4 is 10.0 Å². The van der Waals surface area contributed by atoms with E-state index >= 15 is 0 Å². The Morgan fingerprint density at radius 1 is 1.39 bits per heavy atom. The zero-order valence-corrected chi connectivity index (χ0v) is 10.5. The number of halogens is 2. The van der Waals surface area contributed by atoms with E-state index in [1.54, 1.807) is 18.2 Å². The maximum absolute atomic E-state index is 12.8. The first-order chi connectivity index (χ1) is 8.35. The van der Waals surface area contributed by atoms with Gasteiger partial charge >= 0.3 is 0 Å². The smallest absolute Gasteiger partial charge is 0.273 e. The second kappa shape index (κ2) is 6.17. The maximum atomic E-state index is 12.8. The van der Waals surface area contributed by atoms with Gasteiger partial charge in [0.2, 0.25) is 10.0 Å². The molecule has 0 aliphatic rings. The molecule has 0 atom stereocenters. The lowest BCUT2D eigenvalue weighted by Crippen LogP contribution is -2.42. The highest BCUT2D eigenvalue weighted by atomic mass is 32.2. The summed E-state index contributed by atoms with van der Waals surface area (Å²) < 4.78 is 50.3. The summed E-state index contributed by atoms with van der Waals surface area (Å²) in [6.07, 6.45) is 1.71. The molecule has 1 heterocycles. The van der Waals surface area contributed by atoms with Gasteiger partial charge in [-0.2, -0.15) is 0 Å². The average molecular weight is 279 g/mol. The second-order valence-corrected chi connectivity index (χ2v) is 5.70. The van der Waals surface area contributed by atoms with Crippen LogP contribution in [0.1, 0.15) is 5.69 Å². The molecule has 8 heteroatoms. The summed E-state index contributed by atoms with van der Waals surface area (Å²) >= 11 is 0. The van der Waals surface area contributed by atoms with Crippen LogP contribution in [0.5, 0.6) is 0 Å². The number of rotatable bonds is 7. The van der Waals surface area contributed by atoms with Crippen molar-refractivity contribution in [2.24, 2.45) is 5.73 Å². The largest absolute Gasteiger partial charge is 0.325 e. The summed E-state index contributed by atoms with van der Waals surface area (Å²) in [4.78, 5) is 3.95. The van der Waals surface area contributed by atoms with Crippen molar-refractivity contribution in [2.75, 3.05) is 18.8 Å². The molecule has 0 amide bonds. The summed E-state index contributed by atoms with van der Waals surface area (Å²) in [6.45, 7) is -1.87. The molecule has 0 bridgehead atoms. The van der Waals surface area contributed by atoms with Crippen LogP contribution in [0.15, 0.2) is 24.4 Å². The Hall–Kier alpha value is -1.12. The van der Waals surface area contributed by atoms with Crippen molar-refractivity contribution < 1.29 is 17.2 Å². The zero-order valence-electron chi connectivity index (χ0n) is 9.64. The minimum Gasteiger partial charge on any atom is -0.325 e. The molecule has 5 nitrogen and oxygen atoms in total. The fourth-order valence-corrected chi connectivity index (χ4v) is 2.20. The van der Waals surface area contributed by atoms with Gasteiger partial charge in [-0.05, 0) is 12.1 Å².